The number of furan rings is 1. The highest BCUT2D eigenvalue weighted by Crippen LogP contribution is 2.23. The highest BCUT2D eigenvalue weighted by molar-refractivity contribution is 9.10. The molecule has 118 valence electrons. The first kappa shape index (κ1) is 16.5. The van der Waals surface area contributed by atoms with E-state index in [9.17, 15) is 13.2 Å². The van der Waals surface area contributed by atoms with Crippen LogP contribution in [-0.2, 0) is 21.2 Å². The molecule has 1 aliphatic rings. The van der Waals surface area contributed by atoms with Crippen molar-refractivity contribution in [3.8, 4) is 0 Å². The first-order valence-corrected chi connectivity index (χ1v) is 9.77. The highest BCUT2D eigenvalue weighted by atomic mass is 79.9. The molecule has 1 atom stereocenters. The molecule has 21 heavy (non-hydrogen) atoms. The normalized spacial score (nSPS) is 20.6. The van der Waals surface area contributed by atoms with E-state index >= 15 is 0 Å². The van der Waals surface area contributed by atoms with Crippen LogP contribution in [0.25, 0.3) is 0 Å². The SMILES string of the molecule is CCCCC(=O)N(Cc1ccc(Br)o1)[C@H]1CCS(=O)(=O)C1. The third-order valence-corrected chi connectivity index (χ3v) is 5.85. The van der Waals surface area contributed by atoms with Crippen LogP contribution >= 0.6 is 15.9 Å². The van der Waals surface area contributed by atoms with Crippen LogP contribution in [0.4, 0.5) is 0 Å². The van der Waals surface area contributed by atoms with Crippen molar-refractivity contribution in [1.82, 2.24) is 4.90 Å². The number of amides is 1. The summed E-state index contributed by atoms with van der Waals surface area (Å²) in [5.74, 6) is 0.895. The van der Waals surface area contributed by atoms with E-state index in [0.717, 1.165) is 12.8 Å². The molecular formula is C14H20BrNO4S. The average Bonchev–Trinajstić information content (AvgIpc) is 2.98. The quantitative estimate of drug-likeness (QED) is 0.764. The molecule has 0 saturated carbocycles. The number of halogens is 1. The molecule has 0 spiro atoms. The Hall–Kier alpha value is -0.820. The van der Waals surface area contributed by atoms with E-state index < -0.39 is 9.84 Å². The summed E-state index contributed by atoms with van der Waals surface area (Å²) >= 11 is 3.24. The van der Waals surface area contributed by atoms with Gasteiger partial charge in [0, 0.05) is 12.5 Å². The molecule has 1 aromatic heterocycles. The maximum absolute atomic E-state index is 12.4. The van der Waals surface area contributed by atoms with Crippen molar-refractivity contribution >= 4 is 31.7 Å². The molecule has 1 amide bonds. The van der Waals surface area contributed by atoms with Gasteiger partial charge in [-0.05, 0) is 40.9 Å². The minimum absolute atomic E-state index is 0.00599. The maximum Gasteiger partial charge on any atom is 0.223 e. The predicted octanol–water partition coefficient (Wildman–Crippen LogP) is 2.75. The van der Waals surface area contributed by atoms with Crippen LogP contribution in [-0.4, -0.2) is 36.8 Å². The molecule has 0 radical (unpaired) electrons. The molecule has 1 aromatic rings. The lowest BCUT2D eigenvalue weighted by Crippen LogP contribution is -2.40. The van der Waals surface area contributed by atoms with Gasteiger partial charge in [0.15, 0.2) is 14.5 Å². The summed E-state index contributed by atoms with van der Waals surface area (Å²) in [6.07, 6.45) is 2.72. The van der Waals surface area contributed by atoms with Crippen molar-refractivity contribution in [1.29, 1.82) is 0 Å². The molecule has 2 heterocycles. The molecule has 0 N–H and O–H groups in total. The van der Waals surface area contributed by atoms with Crippen molar-refractivity contribution in [2.45, 2.75) is 45.2 Å². The van der Waals surface area contributed by atoms with Gasteiger partial charge in [0.05, 0.1) is 18.1 Å². The summed E-state index contributed by atoms with van der Waals surface area (Å²) < 4.78 is 29.4. The van der Waals surface area contributed by atoms with Crippen LogP contribution in [0.15, 0.2) is 21.2 Å². The Morgan fingerprint density at radius 3 is 2.76 bits per heavy atom. The lowest BCUT2D eigenvalue weighted by atomic mass is 10.1. The van der Waals surface area contributed by atoms with Crippen LogP contribution in [0.5, 0.6) is 0 Å². The van der Waals surface area contributed by atoms with Crippen LogP contribution < -0.4 is 0 Å². The summed E-state index contributed by atoms with van der Waals surface area (Å²) in [5, 5.41) is 0. The van der Waals surface area contributed by atoms with Gasteiger partial charge in [-0.15, -0.1) is 0 Å². The third-order valence-electron chi connectivity index (χ3n) is 3.67. The van der Waals surface area contributed by atoms with E-state index in [1.54, 1.807) is 17.0 Å². The van der Waals surface area contributed by atoms with Crippen molar-refractivity contribution in [2.75, 3.05) is 11.5 Å². The molecule has 0 bridgehead atoms. The monoisotopic (exact) mass is 377 g/mol. The number of hydrogen-bond donors (Lipinski definition) is 0. The zero-order chi connectivity index (χ0) is 15.5. The van der Waals surface area contributed by atoms with Crippen molar-refractivity contribution in [3.05, 3.63) is 22.6 Å². The topological polar surface area (TPSA) is 67.6 Å². The van der Waals surface area contributed by atoms with Crippen molar-refractivity contribution < 1.29 is 17.6 Å². The van der Waals surface area contributed by atoms with Gasteiger partial charge in [0.2, 0.25) is 5.91 Å². The molecule has 1 aliphatic heterocycles. The molecular weight excluding hydrogens is 358 g/mol. The Kier molecular flexibility index (Phi) is 5.48. The fraction of sp³-hybridized carbons (Fsp3) is 0.643. The van der Waals surface area contributed by atoms with Crippen LogP contribution in [0.2, 0.25) is 0 Å². The van der Waals surface area contributed by atoms with E-state index in [0.29, 0.717) is 29.8 Å². The number of hydrogen-bond acceptors (Lipinski definition) is 4. The Morgan fingerprint density at radius 2 is 2.24 bits per heavy atom. The molecule has 0 aromatic carbocycles. The minimum Gasteiger partial charge on any atom is -0.452 e. The molecule has 1 saturated heterocycles. The summed E-state index contributed by atoms with van der Waals surface area (Å²) in [4.78, 5) is 14.1. The number of nitrogens with zero attached hydrogens (tertiary/aromatic N) is 1. The van der Waals surface area contributed by atoms with Gasteiger partial charge in [-0.2, -0.15) is 0 Å². The number of sulfone groups is 1. The van der Waals surface area contributed by atoms with Crippen molar-refractivity contribution in [3.63, 3.8) is 0 Å². The molecule has 1 fully saturated rings. The lowest BCUT2D eigenvalue weighted by Gasteiger charge is -2.27. The first-order chi connectivity index (χ1) is 9.91. The second kappa shape index (κ2) is 6.96. The van der Waals surface area contributed by atoms with Crippen LogP contribution in [0.3, 0.4) is 0 Å². The maximum atomic E-state index is 12.4. The van der Waals surface area contributed by atoms with Gasteiger partial charge >= 0.3 is 0 Å². The third kappa shape index (κ3) is 4.57. The predicted molar refractivity (Wildman–Crippen MR) is 83.5 cm³/mol. The number of carbonyl (C=O) groups excluding carboxylic acids is 1. The van der Waals surface area contributed by atoms with Crippen LogP contribution in [0, 0.1) is 0 Å². The lowest BCUT2D eigenvalue weighted by molar-refractivity contribution is -0.134. The second-order valence-electron chi connectivity index (χ2n) is 5.39. The number of unbranched alkanes of at least 4 members (excludes halogenated alkanes) is 1. The summed E-state index contributed by atoms with van der Waals surface area (Å²) in [6, 6.07) is 3.34. The average molecular weight is 378 g/mol. The summed E-state index contributed by atoms with van der Waals surface area (Å²) in [6.45, 7) is 2.36. The zero-order valence-corrected chi connectivity index (χ0v) is 14.5. The molecule has 7 heteroatoms. The van der Waals surface area contributed by atoms with Gasteiger partial charge in [-0.3, -0.25) is 4.79 Å². The van der Waals surface area contributed by atoms with Gasteiger partial charge in [-0.25, -0.2) is 8.42 Å². The van der Waals surface area contributed by atoms with E-state index in [1.807, 2.05) is 6.92 Å². The second-order valence-corrected chi connectivity index (χ2v) is 8.40. The summed E-state index contributed by atoms with van der Waals surface area (Å²) in [5.41, 5.74) is 0. The molecule has 0 unspecified atom stereocenters. The van der Waals surface area contributed by atoms with Crippen molar-refractivity contribution in [2.24, 2.45) is 0 Å². The van der Waals surface area contributed by atoms with E-state index in [-0.39, 0.29) is 23.5 Å². The summed E-state index contributed by atoms with van der Waals surface area (Å²) in [7, 11) is -3.02. The standard InChI is InChI=1S/C14H20BrNO4S/c1-2-3-4-14(17)16(9-12-5-6-13(15)20-12)11-7-8-21(18,19)10-11/h5-6,11H,2-4,7-10H2,1H3/t11-/m0/s1. The number of carbonyl (C=O) groups is 1. The van der Waals surface area contributed by atoms with Gasteiger partial charge in [0.25, 0.3) is 0 Å². The Labute approximate surface area is 133 Å². The Morgan fingerprint density at radius 1 is 1.48 bits per heavy atom. The van der Waals surface area contributed by atoms with E-state index in [4.69, 9.17) is 4.42 Å². The Balaban J connectivity index is 2.12. The number of rotatable bonds is 6. The molecule has 0 aliphatic carbocycles. The van der Waals surface area contributed by atoms with Gasteiger partial charge in [-0.1, -0.05) is 13.3 Å². The fourth-order valence-corrected chi connectivity index (χ4v) is 4.59. The zero-order valence-electron chi connectivity index (χ0n) is 12.0. The largest absolute Gasteiger partial charge is 0.452 e. The van der Waals surface area contributed by atoms with E-state index in [1.165, 1.54) is 0 Å². The Bertz CT molecular complexity index is 596. The fourth-order valence-electron chi connectivity index (χ4n) is 2.52. The smallest absolute Gasteiger partial charge is 0.223 e. The van der Waals surface area contributed by atoms with Crippen LogP contribution in [0.1, 0.15) is 38.4 Å². The first-order valence-electron chi connectivity index (χ1n) is 7.15. The molecule has 5 nitrogen and oxygen atoms in total. The minimum atomic E-state index is -3.02. The highest BCUT2D eigenvalue weighted by Gasteiger charge is 2.34. The van der Waals surface area contributed by atoms with Gasteiger partial charge in [0.1, 0.15) is 5.76 Å². The molecule has 2 rings (SSSR count). The van der Waals surface area contributed by atoms with E-state index in [2.05, 4.69) is 15.9 Å². The van der Waals surface area contributed by atoms with Gasteiger partial charge < -0.3 is 9.32 Å².